The van der Waals surface area contributed by atoms with E-state index in [2.05, 4.69) is 99.0 Å². The van der Waals surface area contributed by atoms with Crippen molar-refractivity contribution in [3.8, 4) is 45.1 Å². The average molecular weight is 614 g/mol. The lowest BCUT2D eigenvalue weighted by atomic mass is 9.85. The maximum absolute atomic E-state index is 11.2. The van der Waals surface area contributed by atoms with E-state index in [1.165, 1.54) is 59.1 Å². The van der Waals surface area contributed by atoms with Gasteiger partial charge in [0.05, 0.1) is 27.8 Å². The monoisotopic (exact) mass is 613 g/mol. The van der Waals surface area contributed by atoms with Crippen LogP contribution in [0.5, 0.6) is 5.75 Å². The Morgan fingerprint density at radius 2 is 1.43 bits per heavy atom. The molecule has 0 saturated heterocycles. The van der Waals surface area contributed by atoms with Crippen LogP contribution in [0.1, 0.15) is 59.4 Å². The van der Waals surface area contributed by atoms with Crippen molar-refractivity contribution in [1.82, 2.24) is 14.5 Å². The second-order valence-electron chi connectivity index (χ2n) is 13.3. The Morgan fingerprint density at radius 3 is 2.21 bits per heavy atom. The Kier molecular flexibility index (Phi) is 7.17. The highest BCUT2D eigenvalue weighted by Crippen LogP contribution is 2.46. The number of pyridine rings is 1. The van der Waals surface area contributed by atoms with Crippen molar-refractivity contribution in [1.29, 1.82) is 0 Å². The van der Waals surface area contributed by atoms with Gasteiger partial charge in [0.15, 0.2) is 0 Å². The molecule has 0 aliphatic heterocycles. The van der Waals surface area contributed by atoms with Gasteiger partial charge < -0.3 is 5.11 Å². The Hall–Kier alpha value is -5.22. The van der Waals surface area contributed by atoms with Gasteiger partial charge in [-0.2, -0.15) is 0 Å². The highest BCUT2D eigenvalue weighted by molar-refractivity contribution is 6.00. The molecular weight excluding hydrogens is 574 g/mol. The maximum Gasteiger partial charge on any atom is 0.149 e. The van der Waals surface area contributed by atoms with E-state index in [-0.39, 0.29) is 5.75 Å². The summed E-state index contributed by atoms with van der Waals surface area (Å²) in [5, 5.41) is 12.3. The Balaban J connectivity index is 1.46. The molecule has 8 rings (SSSR count). The molecule has 4 nitrogen and oxygen atoms in total. The van der Waals surface area contributed by atoms with E-state index in [1.807, 2.05) is 30.5 Å². The Labute approximate surface area is 276 Å². The number of benzene rings is 5. The zero-order valence-electron chi connectivity index (χ0n) is 27.5. The fraction of sp³-hybridized carbons (Fsp3) is 0.209. The molecule has 0 unspecified atom stereocenters. The van der Waals surface area contributed by atoms with Gasteiger partial charge in [0.1, 0.15) is 11.6 Å². The number of phenols is 1. The second kappa shape index (κ2) is 11.5. The predicted molar refractivity (Wildman–Crippen MR) is 195 cm³/mol. The van der Waals surface area contributed by atoms with Crippen LogP contribution in [0, 0.1) is 27.7 Å². The van der Waals surface area contributed by atoms with Crippen molar-refractivity contribution in [2.75, 3.05) is 0 Å². The van der Waals surface area contributed by atoms with E-state index in [1.54, 1.807) is 6.07 Å². The summed E-state index contributed by atoms with van der Waals surface area (Å²) >= 11 is 0. The third kappa shape index (κ3) is 4.91. The van der Waals surface area contributed by atoms with Crippen molar-refractivity contribution in [2.45, 2.75) is 59.3 Å². The zero-order chi connectivity index (χ0) is 32.2. The minimum absolute atomic E-state index is 0.224. The fourth-order valence-corrected chi connectivity index (χ4v) is 8.05. The number of aromatic hydroxyl groups is 1. The standard InChI is InChI=1S/C43H39N3O/c1-26-23-28(3)42(29(4)24-26)46-37-21-18-27(2)39(41(37)45-43(46)35-15-7-8-17-38(35)47)36-25-32(19-20-33(36)30-11-5-6-12-30)34-16-9-13-31-14-10-22-44-40(31)34/h7-10,13-25,30,47H,5-6,11-12H2,1-4H3. The first kappa shape index (κ1) is 29.2. The van der Waals surface area contributed by atoms with Crippen LogP contribution < -0.4 is 0 Å². The maximum atomic E-state index is 11.2. The number of aromatic nitrogens is 3. The molecule has 0 atom stereocenters. The molecule has 1 N–H and O–H groups in total. The molecule has 2 aromatic heterocycles. The molecule has 0 spiro atoms. The van der Waals surface area contributed by atoms with E-state index in [0.29, 0.717) is 5.92 Å². The minimum atomic E-state index is 0.224. The molecule has 47 heavy (non-hydrogen) atoms. The highest BCUT2D eigenvalue weighted by Gasteiger charge is 2.26. The van der Waals surface area contributed by atoms with Crippen molar-refractivity contribution in [2.24, 2.45) is 0 Å². The average Bonchev–Trinajstić information content (AvgIpc) is 3.73. The molecule has 0 radical (unpaired) electrons. The van der Waals surface area contributed by atoms with Crippen molar-refractivity contribution >= 4 is 21.9 Å². The van der Waals surface area contributed by atoms with E-state index in [0.717, 1.165) is 55.7 Å². The Bertz CT molecular complexity index is 2290. The van der Waals surface area contributed by atoms with Crippen LogP contribution in [-0.4, -0.2) is 19.6 Å². The third-order valence-electron chi connectivity index (χ3n) is 10.1. The summed E-state index contributed by atoms with van der Waals surface area (Å²) in [4.78, 5) is 10.3. The van der Waals surface area contributed by atoms with E-state index in [4.69, 9.17) is 9.97 Å². The first-order valence-corrected chi connectivity index (χ1v) is 16.8. The number of nitrogens with zero attached hydrogens (tertiary/aromatic N) is 3. The molecule has 1 aliphatic carbocycles. The predicted octanol–water partition coefficient (Wildman–Crippen LogP) is 11.2. The molecule has 5 aromatic carbocycles. The molecule has 1 saturated carbocycles. The lowest BCUT2D eigenvalue weighted by Crippen LogP contribution is -2.03. The number of fused-ring (bicyclic) bond motifs is 2. The molecule has 232 valence electrons. The number of hydrogen-bond acceptors (Lipinski definition) is 3. The van der Waals surface area contributed by atoms with E-state index < -0.39 is 0 Å². The number of rotatable bonds is 5. The van der Waals surface area contributed by atoms with Gasteiger partial charge in [-0.05, 0) is 110 Å². The fourth-order valence-electron chi connectivity index (χ4n) is 8.05. The molecule has 0 bridgehead atoms. The summed E-state index contributed by atoms with van der Waals surface area (Å²) in [7, 11) is 0. The van der Waals surface area contributed by atoms with Crippen molar-refractivity contribution in [3.05, 3.63) is 131 Å². The third-order valence-corrected chi connectivity index (χ3v) is 10.1. The van der Waals surface area contributed by atoms with Gasteiger partial charge in [0.2, 0.25) is 0 Å². The van der Waals surface area contributed by atoms with Crippen LogP contribution in [-0.2, 0) is 0 Å². The first-order chi connectivity index (χ1) is 22.9. The van der Waals surface area contributed by atoms with Crippen LogP contribution >= 0.6 is 0 Å². The summed E-state index contributed by atoms with van der Waals surface area (Å²) in [6, 6.07) is 34.1. The topological polar surface area (TPSA) is 50.9 Å². The molecule has 1 aliphatic rings. The van der Waals surface area contributed by atoms with Gasteiger partial charge in [0, 0.05) is 22.7 Å². The largest absolute Gasteiger partial charge is 0.507 e. The second-order valence-corrected chi connectivity index (χ2v) is 13.3. The van der Waals surface area contributed by atoms with Crippen LogP contribution in [0.4, 0.5) is 0 Å². The lowest BCUT2D eigenvalue weighted by Gasteiger charge is -2.20. The number of aryl methyl sites for hydroxylation is 4. The van der Waals surface area contributed by atoms with E-state index >= 15 is 0 Å². The van der Waals surface area contributed by atoms with Gasteiger partial charge in [-0.3, -0.25) is 9.55 Å². The van der Waals surface area contributed by atoms with Crippen LogP contribution in [0.3, 0.4) is 0 Å². The van der Waals surface area contributed by atoms with Crippen LogP contribution in [0.25, 0.3) is 61.3 Å². The quantitative estimate of drug-likeness (QED) is 0.210. The smallest absolute Gasteiger partial charge is 0.149 e. The summed E-state index contributed by atoms with van der Waals surface area (Å²) in [5.41, 5.74) is 15.7. The van der Waals surface area contributed by atoms with Crippen molar-refractivity contribution in [3.63, 3.8) is 0 Å². The van der Waals surface area contributed by atoms with Gasteiger partial charge >= 0.3 is 0 Å². The zero-order valence-corrected chi connectivity index (χ0v) is 27.5. The van der Waals surface area contributed by atoms with Gasteiger partial charge in [0.25, 0.3) is 0 Å². The summed E-state index contributed by atoms with van der Waals surface area (Å²) in [6.07, 6.45) is 6.82. The normalized spacial score (nSPS) is 13.6. The number of hydrogen-bond donors (Lipinski definition) is 1. The highest BCUT2D eigenvalue weighted by atomic mass is 16.3. The molecule has 1 fully saturated rings. The number of para-hydroxylation sites is 2. The molecule has 4 heteroatoms. The number of imidazole rings is 1. The molecule has 7 aromatic rings. The molecule has 0 amide bonds. The summed E-state index contributed by atoms with van der Waals surface area (Å²) < 4.78 is 2.27. The van der Waals surface area contributed by atoms with Crippen LogP contribution in [0.2, 0.25) is 0 Å². The summed E-state index contributed by atoms with van der Waals surface area (Å²) in [6.45, 7) is 8.69. The molecule has 2 heterocycles. The Morgan fingerprint density at radius 1 is 0.681 bits per heavy atom. The minimum Gasteiger partial charge on any atom is -0.507 e. The summed E-state index contributed by atoms with van der Waals surface area (Å²) in [5.74, 6) is 1.49. The number of phenolic OH excluding ortho intramolecular Hbond substituents is 1. The van der Waals surface area contributed by atoms with Gasteiger partial charge in [-0.15, -0.1) is 0 Å². The van der Waals surface area contributed by atoms with Crippen molar-refractivity contribution < 1.29 is 5.11 Å². The van der Waals surface area contributed by atoms with Crippen LogP contribution in [0.15, 0.2) is 103 Å². The first-order valence-electron chi connectivity index (χ1n) is 16.8. The SMILES string of the molecule is Cc1cc(C)c(-n2c(-c3ccccc3O)nc3c(-c4cc(-c5cccc6cccnc56)ccc4C4CCCC4)c(C)ccc32)c(C)c1. The van der Waals surface area contributed by atoms with Gasteiger partial charge in [-0.1, -0.05) is 85.1 Å². The lowest BCUT2D eigenvalue weighted by molar-refractivity contribution is 0.477. The van der Waals surface area contributed by atoms with E-state index in [9.17, 15) is 5.11 Å². The van der Waals surface area contributed by atoms with Gasteiger partial charge in [-0.25, -0.2) is 4.98 Å². The molecular formula is C43H39N3O.